The quantitative estimate of drug-likeness (QED) is 0.215. The number of benzene rings is 3. The molecule has 1 saturated heterocycles. The highest BCUT2D eigenvalue weighted by Crippen LogP contribution is 2.40. The number of phenols is 1. The van der Waals surface area contributed by atoms with Gasteiger partial charge in [0.15, 0.2) is 0 Å². The van der Waals surface area contributed by atoms with E-state index in [1.165, 1.54) is 17.0 Å². The van der Waals surface area contributed by atoms with Gasteiger partial charge in [-0.1, -0.05) is 49.7 Å². The van der Waals surface area contributed by atoms with Crippen LogP contribution in [0.1, 0.15) is 42.1 Å². The molecule has 1 aliphatic rings. The van der Waals surface area contributed by atoms with E-state index in [2.05, 4.69) is 13.8 Å². The Morgan fingerprint density at radius 2 is 1.78 bits per heavy atom. The number of aliphatic hydroxyl groups is 1. The third-order valence-corrected chi connectivity index (χ3v) is 6.55. The smallest absolute Gasteiger partial charge is 0.295 e. The van der Waals surface area contributed by atoms with Crippen molar-refractivity contribution in [3.63, 3.8) is 0 Å². The molecule has 1 fully saturated rings. The monoisotopic (exact) mass is 519 g/mol. The van der Waals surface area contributed by atoms with Crippen LogP contribution in [0.5, 0.6) is 11.5 Å². The Bertz CT molecular complexity index is 1350. The molecule has 1 amide bonds. The number of carbonyl (C=O) groups excluding carboxylic acids is 2. The zero-order valence-electron chi connectivity index (χ0n) is 21.1. The molecule has 1 aliphatic heterocycles. The van der Waals surface area contributed by atoms with Gasteiger partial charge in [0.2, 0.25) is 0 Å². The lowest BCUT2D eigenvalue weighted by Crippen LogP contribution is -2.31. The van der Waals surface area contributed by atoms with Crippen molar-refractivity contribution in [2.24, 2.45) is 5.92 Å². The fourth-order valence-corrected chi connectivity index (χ4v) is 4.55. The molecule has 4 rings (SSSR count). The molecule has 192 valence electrons. The number of aromatic hydroxyl groups is 1. The molecule has 2 N–H and O–H groups in total. The second-order valence-corrected chi connectivity index (χ2v) is 10.1. The van der Waals surface area contributed by atoms with Crippen molar-refractivity contribution in [1.29, 1.82) is 0 Å². The number of hydrogen-bond acceptors (Lipinski definition) is 5. The van der Waals surface area contributed by atoms with Crippen LogP contribution in [0.2, 0.25) is 5.02 Å². The van der Waals surface area contributed by atoms with E-state index >= 15 is 0 Å². The largest absolute Gasteiger partial charge is 0.508 e. The number of ether oxygens (including phenoxy) is 1. The number of nitrogens with zero attached hydrogens (tertiary/aromatic N) is 1. The van der Waals surface area contributed by atoms with Crippen LogP contribution >= 0.6 is 11.6 Å². The number of halogens is 1. The van der Waals surface area contributed by atoms with Crippen LogP contribution in [0.15, 0.2) is 72.3 Å². The Morgan fingerprint density at radius 1 is 1.05 bits per heavy atom. The number of carbonyl (C=O) groups is 2. The number of hydrogen-bond donors (Lipinski definition) is 2. The van der Waals surface area contributed by atoms with Crippen LogP contribution in [0, 0.1) is 12.8 Å². The zero-order chi connectivity index (χ0) is 26.7. The van der Waals surface area contributed by atoms with Gasteiger partial charge in [-0.15, -0.1) is 0 Å². The van der Waals surface area contributed by atoms with Gasteiger partial charge in [0, 0.05) is 17.1 Å². The van der Waals surface area contributed by atoms with E-state index in [9.17, 15) is 19.8 Å². The number of aryl methyl sites for hydroxylation is 1. The average molecular weight is 520 g/mol. The van der Waals surface area contributed by atoms with Gasteiger partial charge >= 0.3 is 0 Å². The van der Waals surface area contributed by atoms with Crippen LogP contribution in [-0.2, 0) is 16.0 Å². The van der Waals surface area contributed by atoms with Crippen LogP contribution in [0.3, 0.4) is 0 Å². The summed E-state index contributed by atoms with van der Waals surface area (Å²) in [5.74, 6) is -0.670. The normalized spacial score (nSPS) is 17.0. The maximum atomic E-state index is 13.3. The molecule has 7 heteroatoms. The number of Topliss-reactive ketones (excluding diaryl/α,β-unsaturated/α-hetero) is 1. The molecule has 0 saturated carbocycles. The van der Waals surface area contributed by atoms with E-state index in [4.69, 9.17) is 16.3 Å². The van der Waals surface area contributed by atoms with Crippen molar-refractivity contribution in [3.05, 3.63) is 99.6 Å². The fourth-order valence-electron chi connectivity index (χ4n) is 4.42. The van der Waals surface area contributed by atoms with E-state index < -0.39 is 17.7 Å². The van der Waals surface area contributed by atoms with Crippen LogP contribution in [0.25, 0.3) is 5.76 Å². The highest BCUT2D eigenvalue weighted by molar-refractivity contribution is 6.46. The van der Waals surface area contributed by atoms with E-state index in [1.807, 2.05) is 19.1 Å². The number of phenolic OH excluding ortho intramolecular Hbond substituents is 1. The first-order valence-corrected chi connectivity index (χ1v) is 12.6. The molecule has 0 radical (unpaired) electrons. The molecular formula is C30H30ClNO5. The third-order valence-electron chi connectivity index (χ3n) is 6.30. The minimum absolute atomic E-state index is 0.00304. The summed E-state index contributed by atoms with van der Waals surface area (Å²) in [5, 5.41) is 22.1. The lowest BCUT2D eigenvalue weighted by Gasteiger charge is -2.25. The van der Waals surface area contributed by atoms with Gasteiger partial charge in [-0.25, -0.2) is 0 Å². The zero-order valence-corrected chi connectivity index (χ0v) is 21.8. The average Bonchev–Trinajstić information content (AvgIpc) is 3.12. The molecule has 1 heterocycles. The topological polar surface area (TPSA) is 87.1 Å². The predicted octanol–water partition coefficient (Wildman–Crippen LogP) is 6.05. The van der Waals surface area contributed by atoms with Gasteiger partial charge in [0.25, 0.3) is 11.7 Å². The highest BCUT2D eigenvalue weighted by Gasteiger charge is 2.46. The van der Waals surface area contributed by atoms with Crippen molar-refractivity contribution >= 4 is 29.1 Å². The van der Waals surface area contributed by atoms with Gasteiger partial charge in [-0.2, -0.15) is 0 Å². The lowest BCUT2D eigenvalue weighted by atomic mass is 9.94. The summed E-state index contributed by atoms with van der Waals surface area (Å²) < 4.78 is 5.84. The standard InChI is InChI=1S/C30H30ClNO5/c1-18(2)17-37-25-12-9-22(15-19(25)3)28(34)26-27(21-5-4-6-24(33)16-21)32(30(36)29(26)35)14-13-20-7-10-23(31)11-8-20/h4-12,15-16,18,27,33-34H,13-14,17H2,1-3H3/b28-26-. The first kappa shape index (κ1) is 26.3. The van der Waals surface area contributed by atoms with Crippen molar-refractivity contribution in [2.75, 3.05) is 13.2 Å². The molecule has 3 aromatic rings. The molecule has 0 aliphatic carbocycles. The first-order valence-electron chi connectivity index (χ1n) is 12.2. The van der Waals surface area contributed by atoms with Gasteiger partial charge < -0.3 is 19.8 Å². The summed E-state index contributed by atoms with van der Waals surface area (Å²) in [6.45, 7) is 6.78. The molecule has 3 aromatic carbocycles. The minimum atomic E-state index is -0.850. The van der Waals surface area contributed by atoms with Gasteiger partial charge in [-0.05, 0) is 78.4 Å². The molecule has 1 atom stereocenters. The predicted molar refractivity (Wildman–Crippen MR) is 144 cm³/mol. The Labute approximate surface area is 221 Å². The molecule has 0 aromatic heterocycles. The minimum Gasteiger partial charge on any atom is -0.508 e. The summed E-state index contributed by atoms with van der Waals surface area (Å²) >= 11 is 5.99. The van der Waals surface area contributed by atoms with Crippen LogP contribution in [0.4, 0.5) is 0 Å². The lowest BCUT2D eigenvalue weighted by molar-refractivity contribution is -0.139. The Morgan fingerprint density at radius 3 is 2.43 bits per heavy atom. The van der Waals surface area contributed by atoms with Gasteiger partial charge in [0.05, 0.1) is 18.2 Å². The molecule has 1 unspecified atom stereocenters. The Hall–Kier alpha value is -3.77. The fraction of sp³-hybridized carbons (Fsp3) is 0.267. The van der Waals surface area contributed by atoms with Gasteiger partial charge in [0.1, 0.15) is 17.3 Å². The van der Waals surface area contributed by atoms with E-state index in [1.54, 1.807) is 42.5 Å². The maximum Gasteiger partial charge on any atom is 0.295 e. The number of aliphatic hydroxyl groups excluding tert-OH is 1. The third kappa shape index (κ3) is 5.81. The van der Waals surface area contributed by atoms with Gasteiger partial charge in [-0.3, -0.25) is 9.59 Å². The van der Waals surface area contributed by atoms with E-state index in [-0.39, 0.29) is 23.6 Å². The summed E-state index contributed by atoms with van der Waals surface area (Å²) in [5.41, 5.74) is 2.69. The van der Waals surface area contributed by atoms with E-state index in [0.29, 0.717) is 40.8 Å². The van der Waals surface area contributed by atoms with Crippen molar-refractivity contribution < 1.29 is 24.5 Å². The molecular weight excluding hydrogens is 490 g/mol. The second kappa shape index (κ2) is 11.1. The Balaban J connectivity index is 1.73. The molecule has 0 spiro atoms. The SMILES string of the molecule is Cc1cc(/C(O)=C2/C(=O)C(=O)N(CCc3ccc(Cl)cc3)C2c2cccc(O)c2)ccc1OCC(C)C. The summed E-state index contributed by atoms with van der Waals surface area (Å²) in [6.07, 6.45) is 0.487. The summed E-state index contributed by atoms with van der Waals surface area (Å²) in [6, 6.07) is 18.0. The summed E-state index contributed by atoms with van der Waals surface area (Å²) in [4.78, 5) is 27.9. The first-order chi connectivity index (χ1) is 17.7. The van der Waals surface area contributed by atoms with Crippen molar-refractivity contribution in [3.8, 4) is 11.5 Å². The number of amides is 1. The van der Waals surface area contributed by atoms with Crippen molar-refractivity contribution in [2.45, 2.75) is 33.2 Å². The molecule has 37 heavy (non-hydrogen) atoms. The van der Waals surface area contributed by atoms with Crippen LogP contribution < -0.4 is 4.74 Å². The van der Waals surface area contributed by atoms with Crippen molar-refractivity contribution in [1.82, 2.24) is 4.90 Å². The number of likely N-dealkylation sites (tertiary alicyclic amines) is 1. The summed E-state index contributed by atoms with van der Waals surface area (Å²) in [7, 11) is 0. The number of ketones is 1. The number of rotatable bonds is 8. The van der Waals surface area contributed by atoms with E-state index in [0.717, 1.165) is 11.1 Å². The molecule has 6 nitrogen and oxygen atoms in total. The second-order valence-electron chi connectivity index (χ2n) is 9.65. The molecule has 0 bridgehead atoms. The van der Waals surface area contributed by atoms with Crippen LogP contribution in [-0.4, -0.2) is 40.0 Å². The Kier molecular flexibility index (Phi) is 7.89. The highest BCUT2D eigenvalue weighted by atomic mass is 35.5. The maximum absolute atomic E-state index is 13.3.